The number of halogens is 3. The van der Waals surface area contributed by atoms with Gasteiger partial charge in [0.2, 0.25) is 0 Å². The molecular formula is C13H17F3N2O3. The fourth-order valence-electron chi connectivity index (χ4n) is 1.93. The van der Waals surface area contributed by atoms with E-state index in [1.165, 1.54) is 0 Å². The van der Waals surface area contributed by atoms with Gasteiger partial charge in [-0.1, -0.05) is 0 Å². The second-order valence-corrected chi connectivity index (χ2v) is 4.66. The summed E-state index contributed by atoms with van der Waals surface area (Å²) in [6.45, 7) is 0.538. The molecule has 0 aliphatic heterocycles. The molecule has 0 fully saturated rings. The molecule has 0 aliphatic rings. The van der Waals surface area contributed by atoms with Gasteiger partial charge in [-0.15, -0.1) is 0 Å². The fraction of sp³-hybridized carbons (Fsp3) is 0.538. The van der Waals surface area contributed by atoms with Crippen molar-refractivity contribution < 1.29 is 23.2 Å². The smallest absolute Gasteiger partial charge is 0.396 e. The standard InChI is InChI=1S/C13H17F3N2O3/c1-17(7-3-2-4-8-19)11-6-5-10(13(14,15)16)9-12(11)18(20)21/h5-6,9,19H,2-4,7-8H2,1H3. The summed E-state index contributed by atoms with van der Waals surface area (Å²) in [5.41, 5.74) is -1.45. The molecule has 1 N–H and O–H groups in total. The number of nitro benzene ring substituents is 1. The van der Waals surface area contributed by atoms with E-state index in [0.717, 1.165) is 18.6 Å². The van der Waals surface area contributed by atoms with Crippen LogP contribution < -0.4 is 4.90 Å². The van der Waals surface area contributed by atoms with Crippen LogP contribution in [0.2, 0.25) is 0 Å². The van der Waals surface area contributed by atoms with Gasteiger partial charge >= 0.3 is 6.18 Å². The SMILES string of the molecule is CN(CCCCCO)c1ccc(C(F)(F)F)cc1[N+](=O)[O-]. The molecule has 21 heavy (non-hydrogen) atoms. The molecule has 1 aromatic carbocycles. The Morgan fingerprint density at radius 1 is 1.29 bits per heavy atom. The summed E-state index contributed by atoms with van der Waals surface area (Å²) in [6, 6.07) is 2.51. The van der Waals surface area contributed by atoms with E-state index < -0.39 is 22.4 Å². The normalized spacial score (nSPS) is 11.5. The number of benzene rings is 1. The Morgan fingerprint density at radius 3 is 2.48 bits per heavy atom. The Balaban J connectivity index is 2.93. The lowest BCUT2D eigenvalue weighted by atomic mass is 10.1. The third-order valence-electron chi connectivity index (χ3n) is 3.06. The number of aliphatic hydroxyl groups is 1. The minimum Gasteiger partial charge on any atom is -0.396 e. The van der Waals surface area contributed by atoms with E-state index in [0.29, 0.717) is 25.5 Å². The van der Waals surface area contributed by atoms with Gasteiger partial charge in [-0.2, -0.15) is 13.2 Å². The highest BCUT2D eigenvalue weighted by Gasteiger charge is 2.33. The molecule has 8 heteroatoms. The highest BCUT2D eigenvalue weighted by molar-refractivity contribution is 5.64. The largest absolute Gasteiger partial charge is 0.416 e. The highest BCUT2D eigenvalue weighted by Crippen LogP contribution is 2.36. The number of unbranched alkanes of at least 4 members (excludes halogenated alkanes) is 2. The van der Waals surface area contributed by atoms with Gasteiger partial charge in [0, 0.05) is 26.3 Å². The zero-order valence-electron chi connectivity index (χ0n) is 11.6. The summed E-state index contributed by atoms with van der Waals surface area (Å²) < 4.78 is 37.8. The predicted octanol–water partition coefficient (Wildman–Crippen LogP) is 3.21. The summed E-state index contributed by atoms with van der Waals surface area (Å²) in [7, 11) is 1.59. The van der Waals surface area contributed by atoms with Gasteiger partial charge in [-0.3, -0.25) is 10.1 Å². The highest BCUT2D eigenvalue weighted by atomic mass is 19.4. The van der Waals surface area contributed by atoms with E-state index in [1.807, 2.05) is 0 Å². The Hall–Kier alpha value is -1.83. The second-order valence-electron chi connectivity index (χ2n) is 4.66. The molecule has 1 aromatic rings. The maximum atomic E-state index is 12.6. The molecule has 0 heterocycles. The molecule has 0 spiro atoms. The molecule has 0 saturated carbocycles. The number of aliphatic hydroxyl groups excluding tert-OH is 1. The molecule has 0 radical (unpaired) electrons. The number of nitrogens with zero attached hydrogens (tertiary/aromatic N) is 2. The van der Waals surface area contributed by atoms with Crippen molar-refractivity contribution in [1.29, 1.82) is 0 Å². The molecule has 0 unspecified atom stereocenters. The minimum absolute atomic E-state index is 0.0736. The first-order valence-electron chi connectivity index (χ1n) is 6.45. The molecule has 0 aromatic heterocycles. The first-order valence-corrected chi connectivity index (χ1v) is 6.45. The summed E-state index contributed by atoms with van der Waals surface area (Å²) in [4.78, 5) is 11.7. The summed E-state index contributed by atoms with van der Waals surface area (Å²) in [5.74, 6) is 0. The molecule has 0 aliphatic carbocycles. The third kappa shape index (κ3) is 4.89. The number of hydrogen-bond donors (Lipinski definition) is 1. The van der Waals surface area contributed by atoms with Gasteiger partial charge in [-0.25, -0.2) is 0 Å². The van der Waals surface area contributed by atoms with Crippen LogP contribution in [0, 0.1) is 10.1 Å². The topological polar surface area (TPSA) is 66.6 Å². The van der Waals surface area contributed by atoms with E-state index in [4.69, 9.17) is 5.11 Å². The predicted molar refractivity (Wildman–Crippen MR) is 72.3 cm³/mol. The van der Waals surface area contributed by atoms with Gasteiger partial charge in [-0.05, 0) is 31.4 Å². The average molecular weight is 306 g/mol. The van der Waals surface area contributed by atoms with Gasteiger partial charge < -0.3 is 10.0 Å². The lowest BCUT2D eigenvalue weighted by Gasteiger charge is -2.19. The van der Waals surface area contributed by atoms with Crippen molar-refractivity contribution in [2.75, 3.05) is 25.1 Å². The van der Waals surface area contributed by atoms with E-state index in [2.05, 4.69) is 0 Å². The molecule has 5 nitrogen and oxygen atoms in total. The van der Waals surface area contributed by atoms with E-state index in [1.54, 1.807) is 11.9 Å². The van der Waals surface area contributed by atoms with Crippen LogP contribution in [0.5, 0.6) is 0 Å². The van der Waals surface area contributed by atoms with Crippen LogP contribution in [0.1, 0.15) is 24.8 Å². The van der Waals surface area contributed by atoms with Crippen molar-refractivity contribution in [2.24, 2.45) is 0 Å². The monoisotopic (exact) mass is 306 g/mol. The van der Waals surface area contributed by atoms with Crippen molar-refractivity contribution in [3.63, 3.8) is 0 Å². The molecule has 0 atom stereocenters. The first kappa shape index (κ1) is 17.2. The minimum atomic E-state index is -4.61. The summed E-state index contributed by atoms with van der Waals surface area (Å²) in [5, 5.41) is 19.6. The van der Waals surface area contributed by atoms with Crippen LogP contribution in [0.3, 0.4) is 0 Å². The van der Waals surface area contributed by atoms with Crippen LogP contribution in [0.25, 0.3) is 0 Å². The molecule has 0 bridgehead atoms. The van der Waals surface area contributed by atoms with Crippen LogP contribution in [0.15, 0.2) is 18.2 Å². The van der Waals surface area contributed by atoms with Crippen molar-refractivity contribution in [3.05, 3.63) is 33.9 Å². The van der Waals surface area contributed by atoms with Gasteiger partial charge in [0.1, 0.15) is 5.69 Å². The zero-order valence-corrected chi connectivity index (χ0v) is 11.6. The molecule has 0 saturated heterocycles. The van der Waals surface area contributed by atoms with Crippen molar-refractivity contribution in [3.8, 4) is 0 Å². The second kappa shape index (κ2) is 7.26. The Morgan fingerprint density at radius 2 is 1.95 bits per heavy atom. The average Bonchev–Trinajstić information content (AvgIpc) is 2.41. The first-order chi connectivity index (χ1) is 9.77. The Kier molecular flexibility index (Phi) is 5.95. The molecular weight excluding hydrogens is 289 g/mol. The summed E-state index contributed by atoms with van der Waals surface area (Å²) in [6.07, 6.45) is -2.55. The zero-order chi connectivity index (χ0) is 16.0. The van der Waals surface area contributed by atoms with E-state index >= 15 is 0 Å². The van der Waals surface area contributed by atoms with Crippen LogP contribution in [-0.2, 0) is 6.18 Å². The van der Waals surface area contributed by atoms with Gasteiger partial charge in [0.25, 0.3) is 5.69 Å². The van der Waals surface area contributed by atoms with E-state index in [9.17, 15) is 23.3 Å². The number of alkyl halides is 3. The Labute approximate surface area is 120 Å². The van der Waals surface area contributed by atoms with Crippen molar-refractivity contribution in [2.45, 2.75) is 25.4 Å². The quantitative estimate of drug-likeness (QED) is 0.477. The van der Waals surface area contributed by atoms with Crippen molar-refractivity contribution in [1.82, 2.24) is 0 Å². The molecule has 1 rings (SSSR count). The van der Waals surface area contributed by atoms with Gasteiger partial charge in [0.15, 0.2) is 0 Å². The number of rotatable bonds is 7. The van der Waals surface area contributed by atoms with Gasteiger partial charge in [0.05, 0.1) is 10.5 Å². The van der Waals surface area contributed by atoms with Crippen LogP contribution >= 0.6 is 0 Å². The number of anilines is 1. The fourth-order valence-corrected chi connectivity index (χ4v) is 1.93. The summed E-state index contributed by atoms with van der Waals surface area (Å²) >= 11 is 0. The maximum absolute atomic E-state index is 12.6. The van der Waals surface area contributed by atoms with Crippen molar-refractivity contribution >= 4 is 11.4 Å². The van der Waals surface area contributed by atoms with Crippen LogP contribution in [-0.4, -0.2) is 30.2 Å². The molecule has 118 valence electrons. The Bertz CT molecular complexity index is 492. The molecule has 0 amide bonds. The van der Waals surface area contributed by atoms with E-state index in [-0.39, 0.29) is 12.3 Å². The number of nitro groups is 1. The number of hydrogen-bond acceptors (Lipinski definition) is 4. The maximum Gasteiger partial charge on any atom is 0.416 e. The third-order valence-corrected chi connectivity index (χ3v) is 3.06. The lowest BCUT2D eigenvalue weighted by Crippen LogP contribution is -2.20. The van der Waals surface area contributed by atoms with Crippen LogP contribution in [0.4, 0.5) is 24.5 Å². The lowest BCUT2D eigenvalue weighted by molar-refractivity contribution is -0.384.